The summed E-state index contributed by atoms with van der Waals surface area (Å²) in [4.78, 5) is 27.6. The lowest BCUT2D eigenvalue weighted by atomic mass is 10.3. The third kappa shape index (κ3) is 6.17. The Kier molecular flexibility index (Phi) is 6.83. The second-order valence-corrected chi connectivity index (χ2v) is 5.89. The molecule has 0 aromatic heterocycles. The SMILES string of the molecule is CC(=O)N(CCN1CCOCC1)CC(=O)Nc1cccc(Cl)c1. The van der Waals surface area contributed by atoms with Crippen molar-refractivity contribution in [2.24, 2.45) is 0 Å². The highest BCUT2D eigenvalue weighted by Gasteiger charge is 2.16. The van der Waals surface area contributed by atoms with Gasteiger partial charge in [-0.15, -0.1) is 0 Å². The molecule has 1 aliphatic rings. The minimum absolute atomic E-state index is 0.0339. The Bertz CT molecular complexity index is 547. The fraction of sp³-hybridized carbons (Fsp3) is 0.500. The molecule has 2 amide bonds. The quantitative estimate of drug-likeness (QED) is 0.852. The summed E-state index contributed by atoms with van der Waals surface area (Å²) in [6, 6.07) is 6.93. The van der Waals surface area contributed by atoms with Crippen LogP contribution in [0, 0.1) is 0 Å². The predicted molar refractivity (Wildman–Crippen MR) is 89.6 cm³/mol. The molecule has 1 aromatic rings. The molecule has 23 heavy (non-hydrogen) atoms. The molecule has 1 aromatic carbocycles. The molecule has 0 radical (unpaired) electrons. The molecule has 0 unspecified atom stereocenters. The van der Waals surface area contributed by atoms with Gasteiger partial charge < -0.3 is 15.0 Å². The van der Waals surface area contributed by atoms with Gasteiger partial charge in [0.05, 0.1) is 19.8 Å². The molecule has 0 aliphatic carbocycles. The fourth-order valence-electron chi connectivity index (χ4n) is 2.37. The molecule has 1 fully saturated rings. The van der Waals surface area contributed by atoms with E-state index in [1.165, 1.54) is 6.92 Å². The van der Waals surface area contributed by atoms with E-state index >= 15 is 0 Å². The number of halogens is 1. The number of amides is 2. The van der Waals surface area contributed by atoms with Crippen molar-refractivity contribution in [2.45, 2.75) is 6.92 Å². The van der Waals surface area contributed by atoms with E-state index in [1.54, 1.807) is 29.2 Å². The number of morpholine rings is 1. The first kappa shape index (κ1) is 17.7. The zero-order valence-corrected chi connectivity index (χ0v) is 14.0. The van der Waals surface area contributed by atoms with E-state index in [1.807, 2.05) is 0 Å². The highest BCUT2D eigenvalue weighted by atomic mass is 35.5. The molecule has 1 N–H and O–H groups in total. The van der Waals surface area contributed by atoms with Crippen LogP contribution in [0.5, 0.6) is 0 Å². The van der Waals surface area contributed by atoms with Crippen LogP contribution < -0.4 is 5.32 Å². The molecule has 0 spiro atoms. The number of carbonyl (C=O) groups excluding carboxylic acids is 2. The Morgan fingerprint density at radius 3 is 2.74 bits per heavy atom. The number of nitrogens with one attached hydrogen (secondary N) is 1. The zero-order valence-electron chi connectivity index (χ0n) is 13.3. The summed E-state index contributed by atoms with van der Waals surface area (Å²) in [6.07, 6.45) is 0. The van der Waals surface area contributed by atoms with Crippen LogP contribution in [0.3, 0.4) is 0 Å². The van der Waals surface area contributed by atoms with Gasteiger partial charge in [-0.3, -0.25) is 14.5 Å². The summed E-state index contributed by atoms with van der Waals surface area (Å²) in [7, 11) is 0. The summed E-state index contributed by atoms with van der Waals surface area (Å²) >= 11 is 5.89. The summed E-state index contributed by atoms with van der Waals surface area (Å²) in [5.74, 6) is -0.344. The van der Waals surface area contributed by atoms with E-state index in [0.29, 0.717) is 17.3 Å². The number of nitrogens with zero attached hydrogens (tertiary/aromatic N) is 2. The van der Waals surface area contributed by atoms with Crippen LogP contribution in [0.25, 0.3) is 0 Å². The smallest absolute Gasteiger partial charge is 0.243 e. The molecule has 1 aliphatic heterocycles. The van der Waals surface area contributed by atoms with E-state index in [4.69, 9.17) is 16.3 Å². The van der Waals surface area contributed by atoms with Crippen LogP contribution >= 0.6 is 11.6 Å². The average Bonchev–Trinajstić information content (AvgIpc) is 2.52. The molecule has 126 valence electrons. The van der Waals surface area contributed by atoms with Crippen molar-refractivity contribution in [1.82, 2.24) is 9.80 Å². The normalized spacial score (nSPS) is 15.2. The first-order chi connectivity index (χ1) is 11.0. The topological polar surface area (TPSA) is 61.9 Å². The molecule has 0 saturated carbocycles. The zero-order chi connectivity index (χ0) is 16.7. The van der Waals surface area contributed by atoms with E-state index < -0.39 is 0 Å². The maximum absolute atomic E-state index is 12.1. The van der Waals surface area contributed by atoms with Gasteiger partial charge in [0.1, 0.15) is 0 Å². The highest BCUT2D eigenvalue weighted by Crippen LogP contribution is 2.14. The third-order valence-corrected chi connectivity index (χ3v) is 3.91. The Morgan fingerprint density at radius 1 is 1.35 bits per heavy atom. The Labute approximate surface area is 141 Å². The van der Waals surface area contributed by atoms with Crippen LogP contribution in [0.15, 0.2) is 24.3 Å². The first-order valence-corrected chi connectivity index (χ1v) is 8.03. The molecule has 1 saturated heterocycles. The minimum Gasteiger partial charge on any atom is -0.379 e. The van der Waals surface area contributed by atoms with Gasteiger partial charge >= 0.3 is 0 Å². The Balaban J connectivity index is 1.83. The molecular weight excluding hydrogens is 318 g/mol. The second kappa shape index (κ2) is 8.86. The average molecular weight is 340 g/mol. The molecule has 0 atom stereocenters. The maximum atomic E-state index is 12.1. The summed E-state index contributed by atoms with van der Waals surface area (Å²) in [5.41, 5.74) is 0.624. The van der Waals surface area contributed by atoms with Crippen molar-refractivity contribution in [3.8, 4) is 0 Å². The number of hydrogen-bond donors (Lipinski definition) is 1. The number of rotatable bonds is 6. The minimum atomic E-state index is -0.232. The highest BCUT2D eigenvalue weighted by molar-refractivity contribution is 6.30. The molecular formula is C16H22ClN3O3. The van der Waals surface area contributed by atoms with Crippen LogP contribution in [0.4, 0.5) is 5.69 Å². The van der Waals surface area contributed by atoms with Gasteiger partial charge in [-0.25, -0.2) is 0 Å². The van der Waals surface area contributed by atoms with Gasteiger partial charge in [-0.1, -0.05) is 17.7 Å². The van der Waals surface area contributed by atoms with Gasteiger partial charge in [-0.05, 0) is 18.2 Å². The monoisotopic (exact) mass is 339 g/mol. The largest absolute Gasteiger partial charge is 0.379 e. The summed E-state index contributed by atoms with van der Waals surface area (Å²) in [5, 5.41) is 3.31. The van der Waals surface area contributed by atoms with Crippen molar-refractivity contribution >= 4 is 29.1 Å². The predicted octanol–water partition coefficient (Wildman–Crippen LogP) is 1.46. The van der Waals surface area contributed by atoms with Crippen LogP contribution in [0.1, 0.15) is 6.92 Å². The standard InChI is InChI=1S/C16H22ClN3O3/c1-13(21)20(6-5-19-7-9-23-10-8-19)12-16(22)18-15-4-2-3-14(17)11-15/h2-4,11H,5-10,12H2,1H3,(H,18,22). The maximum Gasteiger partial charge on any atom is 0.243 e. The molecule has 2 rings (SSSR count). The van der Waals surface area contributed by atoms with Crippen molar-refractivity contribution in [3.05, 3.63) is 29.3 Å². The Morgan fingerprint density at radius 2 is 2.09 bits per heavy atom. The Hall–Kier alpha value is -1.63. The van der Waals surface area contributed by atoms with Gasteiger partial charge in [0.25, 0.3) is 0 Å². The van der Waals surface area contributed by atoms with Gasteiger partial charge in [-0.2, -0.15) is 0 Å². The number of carbonyl (C=O) groups is 2. The number of benzene rings is 1. The van der Waals surface area contributed by atoms with Crippen molar-refractivity contribution < 1.29 is 14.3 Å². The summed E-state index contributed by atoms with van der Waals surface area (Å²) in [6.45, 7) is 5.94. The van der Waals surface area contributed by atoms with E-state index in [2.05, 4.69) is 10.2 Å². The van der Waals surface area contributed by atoms with Crippen LogP contribution in [-0.2, 0) is 14.3 Å². The van der Waals surface area contributed by atoms with E-state index in [-0.39, 0.29) is 18.4 Å². The lowest BCUT2D eigenvalue weighted by molar-refractivity contribution is -0.133. The number of anilines is 1. The second-order valence-electron chi connectivity index (χ2n) is 5.45. The van der Waals surface area contributed by atoms with Crippen molar-refractivity contribution in [3.63, 3.8) is 0 Å². The lowest BCUT2D eigenvalue weighted by Gasteiger charge is -2.29. The van der Waals surface area contributed by atoms with Crippen molar-refractivity contribution in [2.75, 3.05) is 51.3 Å². The first-order valence-electron chi connectivity index (χ1n) is 7.65. The number of ether oxygens (including phenoxy) is 1. The third-order valence-electron chi connectivity index (χ3n) is 3.68. The van der Waals surface area contributed by atoms with Gasteiger partial charge in [0, 0.05) is 43.8 Å². The van der Waals surface area contributed by atoms with Gasteiger partial charge in [0.2, 0.25) is 11.8 Å². The van der Waals surface area contributed by atoms with E-state index in [9.17, 15) is 9.59 Å². The molecule has 7 heteroatoms. The fourth-order valence-corrected chi connectivity index (χ4v) is 2.57. The van der Waals surface area contributed by atoms with Crippen LogP contribution in [-0.4, -0.2) is 67.6 Å². The van der Waals surface area contributed by atoms with Crippen LogP contribution in [0.2, 0.25) is 5.02 Å². The van der Waals surface area contributed by atoms with Crippen molar-refractivity contribution in [1.29, 1.82) is 0 Å². The molecule has 6 nitrogen and oxygen atoms in total. The summed E-state index contributed by atoms with van der Waals surface area (Å²) < 4.78 is 5.30. The molecule has 0 bridgehead atoms. The van der Waals surface area contributed by atoms with E-state index in [0.717, 1.165) is 32.8 Å². The molecule has 1 heterocycles. The number of hydrogen-bond acceptors (Lipinski definition) is 4. The van der Waals surface area contributed by atoms with Gasteiger partial charge in [0.15, 0.2) is 0 Å². The lowest BCUT2D eigenvalue weighted by Crippen LogP contribution is -2.44.